The predicted molar refractivity (Wildman–Crippen MR) is 68.3 cm³/mol. The minimum absolute atomic E-state index is 0.208. The fourth-order valence-electron chi connectivity index (χ4n) is 1.52. The van der Waals surface area contributed by atoms with Crippen LogP contribution in [0, 0.1) is 0 Å². The van der Waals surface area contributed by atoms with Gasteiger partial charge in [-0.25, -0.2) is 0 Å². The summed E-state index contributed by atoms with van der Waals surface area (Å²) in [4.78, 5) is 23.5. The zero-order valence-electron chi connectivity index (χ0n) is 10.4. The van der Waals surface area contributed by atoms with E-state index < -0.39 is 5.97 Å². The fraction of sp³-hybridized carbons (Fsp3) is 0.385. The van der Waals surface area contributed by atoms with Gasteiger partial charge in [-0.1, -0.05) is 30.3 Å². The van der Waals surface area contributed by atoms with Gasteiger partial charge in [0.1, 0.15) is 6.54 Å². The van der Waals surface area contributed by atoms with Crippen LogP contribution in [0.15, 0.2) is 30.3 Å². The molecule has 0 atom stereocenters. The van der Waals surface area contributed by atoms with Gasteiger partial charge in [0.25, 0.3) is 0 Å². The predicted octanol–water partition coefficient (Wildman–Crippen LogP) is 0.362. The largest absolute Gasteiger partial charge is 0.480 e. The van der Waals surface area contributed by atoms with Gasteiger partial charge in [0.05, 0.1) is 6.54 Å². The Kier molecular flexibility index (Phi) is 5.87. The van der Waals surface area contributed by atoms with Gasteiger partial charge in [0.2, 0.25) is 5.91 Å². The molecular weight excluding hydrogens is 232 g/mol. The highest BCUT2D eigenvalue weighted by molar-refractivity contribution is 5.82. The molecular formula is C13H18N2O3. The summed E-state index contributed by atoms with van der Waals surface area (Å²) in [5, 5.41) is 10.8. The first kappa shape index (κ1) is 14.2. The number of nitrogens with one attached hydrogen (secondary N) is 1. The van der Waals surface area contributed by atoms with Crippen LogP contribution in [-0.4, -0.2) is 48.6 Å². The third kappa shape index (κ3) is 6.00. The van der Waals surface area contributed by atoms with Crippen molar-refractivity contribution in [1.82, 2.24) is 10.2 Å². The van der Waals surface area contributed by atoms with Crippen molar-refractivity contribution in [3.63, 3.8) is 0 Å². The van der Waals surface area contributed by atoms with E-state index in [-0.39, 0.29) is 19.0 Å². The topological polar surface area (TPSA) is 69.6 Å². The molecule has 0 spiro atoms. The van der Waals surface area contributed by atoms with E-state index in [9.17, 15) is 9.59 Å². The van der Waals surface area contributed by atoms with E-state index in [4.69, 9.17) is 5.11 Å². The number of carboxylic acid groups (broad SMARTS) is 1. The summed E-state index contributed by atoms with van der Waals surface area (Å²) in [6.45, 7) is 0.635. The first-order valence-corrected chi connectivity index (χ1v) is 5.79. The third-order valence-electron chi connectivity index (χ3n) is 2.48. The van der Waals surface area contributed by atoms with Crippen molar-refractivity contribution in [3.8, 4) is 0 Å². The number of carboxylic acids is 1. The molecule has 1 rings (SSSR count). The average molecular weight is 250 g/mol. The Morgan fingerprint density at radius 3 is 2.56 bits per heavy atom. The molecule has 0 bridgehead atoms. The van der Waals surface area contributed by atoms with Gasteiger partial charge < -0.3 is 10.4 Å². The summed E-state index contributed by atoms with van der Waals surface area (Å²) in [5.74, 6) is -1.30. The normalized spacial score (nSPS) is 10.3. The zero-order chi connectivity index (χ0) is 13.4. The molecule has 0 radical (unpaired) electrons. The van der Waals surface area contributed by atoms with E-state index in [2.05, 4.69) is 5.32 Å². The summed E-state index contributed by atoms with van der Waals surface area (Å²) < 4.78 is 0. The summed E-state index contributed by atoms with van der Waals surface area (Å²) in [6, 6.07) is 10.0. The molecule has 0 aliphatic carbocycles. The van der Waals surface area contributed by atoms with E-state index >= 15 is 0 Å². The molecule has 5 heteroatoms. The standard InChI is InChI=1S/C13H18N2O3/c1-15(10-12(16)14-9-13(17)18)8-7-11-5-3-2-4-6-11/h2-6H,7-10H2,1H3,(H,14,16)(H,17,18). The van der Waals surface area contributed by atoms with Crippen molar-refractivity contribution in [3.05, 3.63) is 35.9 Å². The minimum Gasteiger partial charge on any atom is -0.480 e. The lowest BCUT2D eigenvalue weighted by Gasteiger charge is -2.15. The lowest BCUT2D eigenvalue weighted by Crippen LogP contribution is -2.38. The van der Waals surface area contributed by atoms with Crippen molar-refractivity contribution in [2.45, 2.75) is 6.42 Å². The summed E-state index contributed by atoms with van der Waals surface area (Å²) in [6.07, 6.45) is 0.865. The van der Waals surface area contributed by atoms with Crippen molar-refractivity contribution in [1.29, 1.82) is 0 Å². The zero-order valence-corrected chi connectivity index (χ0v) is 10.4. The van der Waals surface area contributed by atoms with Gasteiger partial charge in [-0.15, -0.1) is 0 Å². The van der Waals surface area contributed by atoms with Crippen molar-refractivity contribution >= 4 is 11.9 Å². The van der Waals surface area contributed by atoms with Crippen LogP contribution in [0.3, 0.4) is 0 Å². The molecule has 1 amide bonds. The number of hydrogen-bond acceptors (Lipinski definition) is 3. The average Bonchev–Trinajstić information content (AvgIpc) is 2.35. The van der Waals surface area contributed by atoms with Crippen LogP contribution in [0.2, 0.25) is 0 Å². The maximum Gasteiger partial charge on any atom is 0.322 e. The highest BCUT2D eigenvalue weighted by Gasteiger charge is 2.07. The fourth-order valence-corrected chi connectivity index (χ4v) is 1.52. The Morgan fingerprint density at radius 1 is 1.28 bits per heavy atom. The van der Waals surface area contributed by atoms with Gasteiger partial charge >= 0.3 is 5.97 Å². The molecule has 98 valence electrons. The second-order valence-electron chi connectivity index (χ2n) is 4.14. The molecule has 0 fully saturated rings. The number of likely N-dealkylation sites (N-methyl/N-ethyl adjacent to an activating group) is 1. The van der Waals surface area contributed by atoms with E-state index in [0.717, 1.165) is 13.0 Å². The number of hydrogen-bond donors (Lipinski definition) is 2. The highest BCUT2D eigenvalue weighted by atomic mass is 16.4. The van der Waals surface area contributed by atoms with Gasteiger partial charge in [-0.3, -0.25) is 14.5 Å². The minimum atomic E-state index is -1.03. The Balaban J connectivity index is 2.23. The summed E-state index contributed by atoms with van der Waals surface area (Å²) in [7, 11) is 1.84. The first-order valence-electron chi connectivity index (χ1n) is 5.79. The third-order valence-corrected chi connectivity index (χ3v) is 2.48. The van der Waals surface area contributed by atoms with Crippen LogP contribution in [-0.2, 0) is 16.0 Å². The monoisotopic (exact) mass is 250 g/mol. The second-order valence-corrected chi connectivity index (χ2v) is 4.14. The first-order chi connectivity index (χ1) is 8.58. The molecule has 0 saturated carbocycles. The van der Waals surface area contributed by atoms with Crippen molar-refractivity contribution < 1.29 is 14.7 Å². The number of aliphatic carboxylic acids is 1. The van der Waals surface area contributed by atoms with Crippen molar-refractivity contribution in [2.24, 2.45) is 0 Å². The van der Waals surface area contributed by atoms with E-state index in [1.807, 2.05) is 42.3 Å². The van der Waals surface area contributed by atoms with Crippen LogP contribution < -0.4 is 5.32 Å². The summed E-state index contributed by atoms with van der Waals surface area (Å²) >= 11 is 0. The number of carbonyl (C=O) groups is 2. The van der Waals surface area contributed by atoms with Crippen LogP contribution >= 0.6 is 0 Å². The number of amides is 1. The lowest BCUT2D eigenvalue weighted by molar-refractivity contribution is -0.138. The molecule has 2 N–H and O–H groups in total. The van der Waals surface area contributed by atoms with Gasteiger partial charge in [0, 0.05) is 6.54 Å². The molecule has 0 aromatic heterocycles. The smallest absolute Gasteiger partial charge is 0.322 e. The molecule has 0 saturated heterocycles. The molecule has 1 aromatic carbocycles. The van der Waals surface area contributed by atoms with Crippen LogP contribution in [0.5, 0.6) is 0 Å². The maximum atomic E-state index is 11.4. The Bertz CT molecular complexity index is 392. The molecule has 0 aliphatic rings. The van der Waals surface area contributed by atoms with Gasteiger partial charge in [-0.05, 0) is 19.0 Å². The molecule has 0 aliphatic heterocycles. The Hall–Kier alpha value is -1.88. The van der Waals surface area contributed by atoms with E-state index in [1.165, 1.54) is 5.56 Å². The number of carbonyl (C=O) groups excluding carboxylic acids is 1. The van der Waals surface area contributed by atoms with Crippen molar-refractivity contribution in [2.75, 3.05) is 26.7 Å². The highest BCUT2D eigenvalue weighted by Crippen LogP contribution is 2.00. The molecule has 0 unspecified atom stereocenters. The molecule has 18 heavy (non-hydrogen) atoms. The lowest BCUT2D eigenvalue weighted by atomic mass is 10.1. The van der Waals surface area contributed by atoms with Crippen LogP contribution in [0.4, 0.5) is 0 Å². The molecule has 0 heterocycles. The number of nitrogens with zero attached hydrogens (tertiary/aromatic N) is 1. The number of benzene rings is 1. The second kappa shape index (κ2) is 7.45. The van der Waals surface area contributed by atoms with E-state index in [0.29, 0.717) is 0 Å². The summed E-state index contributed by atoms with van der Waals surface area (Å²) in [5.41, 5.74) is 1.22. The Labute approximate surface area is 106 Å². The van der Waals surface area contributed by atoms with Gasteiger partial charge in [-0.2, -0.15) is 0 Å². The van der Waals surface area contributed by atoms with Crippen LogP contribution in [0.25, 0.3) is 0 Å². The maximum absolute atomic E-state index is 11.4. The molecule has 5 nitrogen and oxygen atoms in total. The molecule has 1 aromatic rings. The SMILES string of the molecule is CN(CCc1ccccc1)CC(=O)NCC(=O)O. The van der Waals surface area contributed by atoms with Gasteiger partial charge in [0.15, 0.2) is 0 Å². The quantitative estimate of drug-likeness (QED) is 0.733. The Morgan fingerprint density at radius 2 is 1.94 bits per heavy atom. The number of rotatable bonds is 7. The van der Waals surface area contributed by atoms with Crippen LogP contribution in [0.1, 0.15) is 5.56 Å². The van der Waals surface area contributed by atoms with E-state index in [1.54, 1.807) is 0 Å².